The third-order valence-electron chi connectivity index (χ3n) is 3.68. The van der Waals surface area contributed by atoms with Crippen molar-refractivity contribution in [3.8, 4) is 5.75 Å². The Bertz CT molecular complexity index is 459. The summed E-state index contributed by atoms with van der Waals surface area (Å²) in [5.74, 6) is 0.878. The minimum atomic E-state index is -0.146. The van der Waals surface area contributed by atoms with Gasteiger partial charge in [-0.05, 0) is 38.3 Å². The number of benzene rings is 1. The number of methoxy groups -OCH3 is 1. The Kier molecular flexibility index (Phi) is 5.41. The Hall–Kier alpha value is -1.55. The molecule has 1 aromatic carbocycles. The molecule has 1 aliphatic heterocycles. The number of rotatable bonds is 5. The second kappa shape index (κ2) is 7.29. The molecule has 1 aliphatic rings. The van der Waals surface area contributed by atoms with Crippen molar-refractivity contribution in [1.82, 2.24) is 5.32 Å². The number of ether oxygens (including phenoxy) is 2. The van der Waals surface area contributed by atoms with E-state index in [1.807, 2.05) is 0 Å². The summed E-state index contributed by atoms with van der Waals surface area (Å²) in [6.07, 6.45) is 3.37. The third-order valence-corrected chi connectivity index (χ3v) is 3.68. The van der Waals surface area contributed by atoms with Crippen LogP contribution in [-0.2, 0) is 9.53 Å². The highest BCUT2D eigenvalue weighted by Gasteiger charge is 2.20. The molecule has 1 N–H and O–H groups in total. The van der Waals surface area contributed by atoms with E-state index in [1.54, 1.807) is 0 Å². The van der Waals surface area contributed by atoms with Crippen molar-refractivity contribution in [3.05, 3.63) is 29.3 Å². The second-order valence-electron chi connectivity index (χ2n) is 5.17. The predicted octanol–water partition coefficient (Wildman–Crippen LogP) is 2.75. The molecular formula is C16H23NO3. The lowest BCUT2D eigenvalue weighted by Crippen LogP contribution is -2.23. The highest BCUT2D eigenvalue weighted by atomic mass is 16.5. The molecule has 110 valence electrons. The number of para-hydroxylation sites is 1. The fourth-order valence-electron chi connectivity index (χ4n) is 2.59. The van der Waals surface area contributed by atoms with Gasteiger partial charge in [-0.2, -0.15) is 0 Å². The van der Waals surface area contributed by atoms with Crippen molar-refractivity contribution in [2.75, 3.05) is 20.3 Å². The summed E-state index contributed by atoms with van der Waals surface area (Å²) < 4.78 is 10.5. The molecule has 1 aromatic rings. The van der Waals surface area contributed by atoms with Crippen LogP contribution < -0.4 is 10.1 Å². The average molecular weight is 277 g/mol. The van der Waals surface area contributed by atoms with Gasteiger partial charge in [0, 0.05) is 18.0 Å². The van der Waals surface area contributed by atoms with E-state index in [9.17, 15) is 4.79 Å². The average Bonchev–Trinajstić information content (AvgIpc) is 2.67. The van der Waals surface area contributed by atoms with Gasteiger partial charge < -0.3 is 14.8 Å². The first-order valence-electron chi connectivity index (χ1n) is 7.25. The quantitative estimate of drug-likeness (QED) is 0.664. The van der Waals surface area contributed by atoms with Crippen LogP contribution in [0.25, 0.3) is 0 Å². The molecule has 2 rings (SSSR count). The molecule has 1 unspecified atom stereocenters. The fraction of sp³-hybridized carbons (Fsp3) is 0.562. The van der Waals surface area contributed by atoms with E-state index >= 15 is 0 Å². The van der Waals surface area contributed by atoms with Crippen LogP contribution in [0.5, 0.6) is 5.75 Å². The van der Waals surface area contributed by atoms with Crippen LogP contribution in [0.15, 0.2) is 18.2 Å². The molecular weight excluding hydrogens is 254 g/mol. The van der Waals surface area contributed by atoms with Crippen LogP contribution in [0.1, 0.15) is 42.9 Å². The summed E-state index contributed by atoms with van der Waals surface area (Å²) in [5, 5.41) is 3.54. The van der Waals surface area contributed by atoms with Gasteiger partial charge in [0.2, 0.25) is 0 Å². The zero-order valence-electron chi connectivity index (χ0n) is 12.3. The Balaban J connectivity index is 1.95. The lowest BCUT2D eigenvalue weighted by atomic mass is 9.99. The molecule has 0 radical (unpaired) electrons. The predicted molar refractivity (Wildman–Crippen MR) is 77.9 cm³/mol. The topological polar surface area (TPSA) is 47.6 Å². The van der Waals surface area contributed by atoms with Crippen molar-refractivity contribution < 1.29 is 14.3 Å². The number of hydrogen-bond donors (Lipinski definition) is 1. The first-order chi connectivity index (χ1) is 9.72. The summed E-state index contributed by atoms with van der Waals surface area (Å²) >= 11 is 0. The maximum absolute atomic E-state index is 11.1. The van der Waals surface area contributed by atoms with Crippen LogP contribution in [0.3, 0.4) is 0 Å². The highest BCUT2D eigenvalue weighted by Crippen LogP contribution is 2.33. The van der Waals surface area contributed by atoms with Gasteiger partial charge in [0.1, 0.15) is 5.75 Å². The minimum absolute atomic E-state index is 0.146. The van der Waals surface area contributed by atoms with Gasteiger partial charge in [-0.15, -0.1) is 0 Å². The Morgan fingerprint density at radius 3 is 3.15 bits per heavy atom. The van der Waals surface area contributed by atoms with Gasteiger partial charge in [0.15, 0.2) is 0 Å². The minimum Gasteiger partial charge on any atom is -0.493 e. The Labute approximate surface area is 120 Å². The lowest BCUT2D eigenvalue weighted by molar-refractivity contribution is -0.140. The van der Waals surface area contributed by atoms with Crippen molar-refractivity contribution in [2.45, 2.75) is 38.6 Å². The van der Waals surface area contributed by atoms with Crippen LogP contribution in [0, 0.1) is 6.92 Å². The highest BCUT2D eigenvalue weighted by molar-refractivity contribution is 5.69. The Morgan fingerprint density at radius 1 is 1.50 bits per heavy atom. The molecule has 0 fully saturated rings. The van der Waals surface area contributed by atoms with Crippen LogP contribution in [-0.4, -0.2) is 26.2 Å². The van der Waals surface area contributed by atoms with Crippen LogP contribution in [0.4, 0.5) is 0 Å². The molecule has 0 aromatic heterocycles. The molecule has 4 heteroatoms. The second-order valence-corrected chi connectivity index (χ2v) is 5.17. The van der Waals surface area contributed by atoms with Crippen molar-refractivity contribution in [3.63, 3.8) is 0 Å². The number of fused-ring (bicyclic) bond motifs is 1. The zero-order chi connectivity index (χ0) is 14.4. The molecule has 1 heterocycles. The van der Waals surface area contributed by atoms with E-state index in [0.717, 1.165) is 38.2 Å². The van der Waals surface area contributed by atoms with Gasteiger partial charge in [0.25, 0.3) is 0 Å². The summed E-state index contributed by atoms with van der Waals surface area (Å²) in [5.41, 5.74) is 2.42. The van der Waals surface area contributed by atoms with Crippen molar-refractivity contribution in [2.24, 2.45) is 0 Å². The number of carbonyl (C=O) groups excluding carboxylic acids is 1. The monoisotopic (exact) mass is 277 g/mol. The van der Waals surface area contributed by atoms with Gasteiger partial charge in [-0.1, -0.05) is 18.2 Å². The molecule has 0 saturated carbocycles. The summed E-state index contributed by atoms with van der Waals surface area (Å²) in [7, 11) is 1.43. The van der Waals surface area contributed by atoms with E-state index in [2.05, 4.69) is 35.2 Å². The zero-order valence-corrected chi connectivity index (χ0v) is 12.3. The molecule has 0 spiro atoms. The molecule has 0 bridgehead atoms. The molecule has 0 aliphatic carbocycles. The molecule has 0 amide bonds. The van der Waals surface area contributed by atoms with E-state index in [4.69, 9.17) is 4.74 Å². The number of nitrogens with one attached hydrogen (secondary N) is 1. The molecule has 0 saturated heterocycles. The van der Waals surface area contributed by atoms with E-state index in [0.29, 0.717) is 12.5 Å². The van der Waals surface area contributed by atoms with Crippen LogP contribution >= 0.6 is 0 Å². The van der Waals surface area contributed by atoms with Gasteiger partial charge in [-0.3, -0.25) is 4.79 Å². The number of aryl methyl sites for hydroxylation is 1. The molecule has 1 atom stereocenters. The van der Waals surface area contributed by atoms with Gasteiger partial charge in [0.05, 0.1) is 13.7 Å². The maximum atomic E-state index is 11.1. The number of carbonyl (C=O) groups is 1. The first-order valence-corrected chi connectivity index (χ1v) is 7.25. The largest absolute Gasteiger partial charge is 0.493 e. The molecule has 4 nitrogen and oxygen atoms in total. The number of hydrogen-bond acceptors (Lipinski definition) is 4. The maximum Gasteiger partial charge on any atom is 0.305 e. The smallest absolute Gasteiger partial charge is 0.305 e. The SMILES string of the molecule is COC(=O)CCCNC1CCCOc2c(C)cccc21. The fourth-order valence-corrected chi connectivity index (χ4v) is 2.59. The summed E-state index contributed by atoms with van der Waals surface area (Å²) in [6, 6.07) is 6.60. The summed E-state index contributed by atoms with van der Waals surface area (Å²) in [4.78, 5) is 11.1. The third kappa shape index (κ3) is 3.73. The Morgan fingerprint density at radius 2 is 2.35 bits per heavy atom. The van der Waals surface area contributed by atoms with Crippen molar-refractivity contribution in [1.29, 1.82) is 0 Å². The van der Waals surface area contributed by atoms with Crippen LogP contribution in [0.2, 0.25) is 0 Å². The standard InChI is InChI=1S/C16H23NO3/c1-12-6-3-7-13-14(8-5-11-20-16(12)13)17-10-4-9-15(18)19-2/h3,6-7,14,17H,4-5,8-11H2,1-2H3. The van der Waals surface area contributed by atoms with E-state index in [1.165, 1.54) is 18.2 Å². The van der Waals surface area contributed by atoms with Crippen molar-refractivity contribution >= 4 is 5.97 Å². The lowest BCUT2D eigenvalue weighted by Gasteiger charge is -2.19. The van der Waals surface area contributed by atoms with Gasteiger partial charge in [-0.25, -0.2) is 0 Å². The number of esters is 1. The summed E-state index contributed by atoms with van der Waals surface area (Å²) in [6.45, 7) is 3.67. The first kappa shape index (κ1) is 14.9. The molecule has 20 heavy (non-hydrogen) atoms. The van der Waals surface area contributed by atoms with E-state index in [-0.39, 0.29) is 5.97 Å². The normalized spacial score (nSPS) is 17.8. The van der Waals surface area contributed by atoms with E-state index < -0.39 is 0 Å². The van der Waals surface area contributed by atoms with Gasteiger partial charge >= 0.3 is 5.97 Å².